The molecule has 1 aromatic rings. The van der Waals surface area contributed by atoms with Crippen LogP contribution < -0.4 is 5.32 Å². The number of piperidine rings is 1. The van der Waals surface area contributed by atoms with Crippen molar-refractivity contribution in [3.63, 3.8) is 0 Å². The lowest BCUT2D eigenvalue weighted by molar-refractivity contribution is -0.133. The monoisotopic (exact) mass is 338 g/mol. The van der Waals surface area contributed by atoms with Gasteiger partial charge >= 0.3 is 0 Å². The van der Waals surface area contributed by atoms with Crippen molar-refractivity contribution in [3.05, 3.63) is 29.3 Å². The SMILES string of the molecule is CC(CC(=O)N1CCc2ccc(O)cc2C1)C1CCCNC1.Cl. The highest BCUT2D eigenvalue weighted by Gasteiger charge is 2.26. The molecule has 23 heavy (non-hydrogen) atoms. The van der Waals surface area contributed by atoms with Gasteiger partial charge in [-0.3, -0.25) is 4.79 Å². The highest BCUT2D eigenvalue weighted by atomic mass is 35.5. The molecule has 2 aliphatic heterocycles. The second-order valence-electron chi connectivity index (χ2n) is 6.81. The van der Waals surface area contributed by atoms with Crippen LogP contribution in [0.15, 0.2) is 18.2 Å². The number of carbonyl (C=O) groups excluding carboxylic acids is 1. The first-order chi connectivity index (χ1) is 10.6. The number of phenols is 1. The van der Waals surface area contributed by atoms with Crippen molar-refractivity contribution in [2.45, 2.75) is 39.2 Å². The molecule has 0 bridgehead atoms. The van der Waals surface area contributed by atoms with Crippen LogP contribution in [0.5, 0.6) is 5.75 Å². The summed E-state index contributed by atoms with van der Waals surface area (Å²) in [4.78, 5) is 14.5. The van der Waals surface area contributed by atoms with Crippen LogP contribution in [-0.2, 0) is 17.8 Å². The van der Waals surface area contributed by atoms with Gasteiger partial charge in [-0.2, -0.15) is 0 Å². The Morgan fingerprint density at radius 3 is 3.00 bits per heavy atom. The van der Waals surface area contributed by atoms with Gasteiger partial charge in [0.2, 0.25) is 5.91 Å². The first kappa shape index (κ1) is 18.1. The van der Waals surface area contributed by atoms with E-state index in [-0.39, 0.29) is 24.1 Å². The number of hydrogen-bond acceptors (Lipinski definition) is 3. The summed E-state index contributed by atoms with van der Waals surface area (Å²) in [6.45, 7) is 5.80. The molecule has 128 valence electrons. The number of carbonyl (C=O) groups is 1. The zero-order valence-corrected chi connectivity index (χ0v) is 14.6. The van der Waals surface area contributed by atoms with Crippen molar-refractivity contribution in [1.29, 1.82) is 0 Å². The molecule has 1 saturated heterocycles. The molecule has 5 heteroatoms. The van der Waals surface area contributed by atoms with Crippen molar-refractivity contribution in [1.82, 2.24) is 10.2 Å². The summed E-state index contributed by atoms with van der Waals surface area (Å²) in [5.74, 6) is 1.60. The molecule has 0 aromatic heterocycles. The van der Waals surface area contributed by atoms with Crippen LogP contribution in [0.4, 0.5) is 0 Å². The normalized spacial score (nSPS) is 22.0. The second-order valence-corrected chi connectivity index (χ2v) is 6.81. The quantitative estimate of drug-likeness (QED) is 0.891. The zero-order valence-electron chi connectivity index (χ0n) is 13.8. The van der Waals surface area contributed by atoms with E-state index in [0.29, 0.717) is 24.8 Å². The van der Waals surface area contributed by atoms with Crippen LogP contribution in [0.25, 0.3) is 0 Å². The molecule has 2 N–H and O–H groups in total. The van der Waals surface area contributed by atoms with Gasteiger partial charge in [0, 0.05) is 19.5 Å². The number of amides is 1. The summed E-state index contributed by atoms with van der Waals surface area (Å²) in [6, 6.07) is 5.50. The molecule has 3 rings (SSSR count). The Morgan fingerprint density at radius 2 is 2.26 bits per heavy atom. The Morgan fingerprint density at radius 1 is 1.43 bits per heavy atom. The molecular formula is C18H27ClN2O2. The van der Waals surface area contributed by atoms with Gasteiger partial charge in [0.25, 0.3) is 0 Å². The number of phenolic OH excluding ortho intramolecular Hbond substituents is 1. The molecule has 2 aliphatic rings. The summed E-state index contributed by atoms with van der Waals surface area (Å²) in [7, 11) is 0. The third kappa shape index (κ3) is 4.39. The molecular weight excluding hydrogens is 312 g/mol. The fraction of sp³-hybridized carbons (Fsp3) is 0.611. The van der Waals surface area contributed by atoms with Gasteiger partial charge in [-0.15, -0.1) is 12.4 Å². The zero-order chi connectivity index (χ0) is 15.5. The number of nitrogens with zero attached hydrogens (tertiary/aromatic N) is 1. The van der Waals surface area contributed by atoms with Gasteiger partial charge in [0.15, 0.2) is 0 Å². The van der Waals surface area contributed by atoms with E-state index in [0.717, 1.165) is 31.6 Å². The molecule has 1 amide bonds. The fourth-order valence-corrected chi connectivity index (χ4v) is 3.69. The Hall–Kier alpha value is -1.26. The number of fused-ring (bicyclic) bond motifs is 1. The van der Waals surface area contributed by atoms with Crippen molar-refractivity contribution in [2.24, 2.45) is 11.8 Å². The van der Waals surface area contributed by atoms with E-state index in [9.17, 15) is 9.90 Å². The van der Waals surface area contributed by atoms with Gasteiger partial charge in [0.05, 0.1) is 0 Å². The molecule has 2 heterocycles. The standard InChI is InChI=1S/C18H26N2O2.ClH/c1-13(15-3-2-7-19-11-15)9-18(22)20-8-6-14-4-5-17(21)10-16(14)12-20;/h4-5,10,13,15,19,21H,2-3,6-9,11-12H2,1H3;1H. The van der Waals surface area contributed by atoms with Crippen molar-refractivity contribution in [3.8, 4) is 5.75 Å². The number of nitrogens with one attached hydrogen (secondary N) is 1. The van der Waals surface area contributed by atoms with Crippen LogP contribution in [-0.4, -0.2) is 35.5 Å². The molecule has 4 nitrogen and oxygen atoms in total. The molecule has 0 aliphatic carbocycles. The third-order valence-corrected chi connectivity index (χ3v) is 5.19. The molecule has 0 saturated carbocycles. The van der Waals surface area contributed by atoms with Gasteiger partial charge in [-0.25, -0.2) is 0 Å². The minimum Gasteiger partial charge on any atom is -0.508 e. The van der Waals surface area contributed by atoms with Crippen molar-refractivity contribution < 1.29 is 9.90 Å². The second kappa shape index (κ2) is 8.02. The number of rotatable bonds is 3. The number of halogens is 1. The predicted octanol–water partition coefficient (Wildman–Crippen LogP) is 2.72. The molecule has 0 spiro atoms. The average Bonchev–Trinajstić information content (AvgIpc) is 2.54. The summed E-state index contributed by atoms with van der Waals surface area (Å²) in [5, 5.41) is 13.1. The molecule has 1 aromatic carbocycles. The van der Waals surface area contributed by atoms with E-state index in [4.69, 9.17) is 0 Å². The Balaban J connectivity index is 0.00000192. The largest absolute Gasteiger partial charge is 0.508 e. The maximum absolute atomic E-state index is 12.6. The minimum absolute atomic E-state index is 0. The molecule has 2 unspecified atom stereocenters. The Labute approximate surface area is 144 Å². The summed E-state index contributed by atoms with van der Waals surface area (Å²) in [5.41, 5.74) is 2.35. The first-order valence-electron chi connectivity index (χ1n) is 8.43. The van der Waals surface area contributed by atoms with Gasteiger partial charge in [0.1, 0.15) is 5.75 Å². The van der Waals surface area contributed by atoms with Gasteiger partial charge < -0.3 is 15.3 Å². The van der Waals surface area contributed by atoms with Crippen LogP contribution in [0.2, 0.25) is 0 Å². The maximum Gasteiger partial charge on any atom is 0.223 e. The average molecular weight is 339 g/mol. The van der Waals surface area contributed by atoms with E-state index in [1.807, 2.05) is 11.0 Å². The number of benzene rings is 1. The van der Waals surface area contributed by atoms with E-state index in [2.05, 4.69) is 12.2 Å². The smallest absolute Gasteiger partial charge is 0.223 e. The van der Waals surface area contributed by atoms with Crippen LogP contribution in [0.1, 0.15) is 37.3 Å². The van der Waals surface area contributed by atoms with E-state index >= 15 is 0 Å². The van der Waals surface area contributed by atoms with Gasteiger partial charge in [-0.1, -0.05) is 13.0 Å². The number of aromatic hydroxyl groups is 1. The van der Waals surface area contributed by atoms with Crippen LogP contribution in [0, 0.1) is 11.8 Å². The lowest BCUT2D eigenvalue weighted by Crippen LogP contribution is -2.39. The predicted molar refractivity (Wildman–Crippen MR) is 93.9 cm³/mol. The van der Waals surface area contributed by atoms with E-state index in [1.54, 1.807) is 12.1 Å². The van der Waals surface area contributed by atoms with E-state index in [1.165, 1.54) is 18.4 Å². The van der Waals surface area contributed by atoms with Crippen LogP contribution in [0.3, 0.4) is 0 Å². The lowest BCUT2D eigenvalue weighted by atomic mass is 9.85. The summed E-state index contributed by atoms with van der Waals surface area (Å²) >= 11 is 0. The molecule has 2 atom stereocenters. The van der Waals surface area contributed by atoms with Gasteiger partial charge in [-0.05, 0) is 67.4 Å². The third-order valence-electron chi connectivity index (χ3n) is 5.19. The van der Waals surface area contributed by atoms with Crippen molar-refractivity contribution >= 4 is 18.3 Å². The maximum atomic E-state index is 12.6. The highest BCUT2D eigenvalue weighted by Crippen LogP contribution is 2.26. The summed E-state index contributed by atoms with van der Waals surface area (Å²) < 4.78 is 0. The van der Waals surface area contributed by atoms with Crippen molar-refractivity contribution in [2.75, 3.05) is 19.6 Å². The fourth-order valence-electron chi connectivity index (χ4n) is 3.69. The van der Waals surface area contributed by atoms with Crippen LogP contribution >= 0.6 is 12.4 Å². The first-order valence-corrected chi connectivity index (χ1v) is 8.43. The molecule has 1 fully saturated rings. The topological polar surface area (TPSA) is 52.6 Å². The Kier molecular flexibility index (Phi) is 6.31. The highest BCUT2D eigenvalue weighted by molar-refractivity contribution is 5.85. The van der Waals surface area contributed by atoms with E-state index < -0.39 is 0 Å². The minimum atomic E-state index is 0. The Bertz CT molecular complexity index is 544. The molecule has 0 radical (unpaired) electrons. The lowest BCUT2D eigenvalue weighted by Gasteiger charge is -2.32. The number of hydrogen-bond donors (Lipinski definition) is 2. The summed E-state index contributed by atoms with van der Waals surface area (Å²) in [6.07, 6.45) is 3.99.